The third-order valence-corrected chi connectivity index (χ3v) is 2.72. The fourth-order valence-corrected chi connectivity index (χ4v) is 1.18. The van der Waals surface area contributed by atoms with Crippen LogP contribution in [0.25, 0.3) is 0 Å². The zero-order chi connectivity index (χ0) is 12.2. The van der Waals surface area contributed by atoms with Gasteiger partial charge in [0.25, 0.3) is 0 Å². The molecule has 0 N–H and O–H groups in total. The second-order valence-electron chi connectivity index (χ2n) is 5.16. The second kappa shape index (κ2) is 5.15. The first-order chi connectivity index (χ1) is 7.39. The zero-order valence-corrected chi connectivity index (χ0v) is 10.5. The SMILES string of the molecule is C[C@@H](OC(=O)Cc1ccccc1)C(C)(C)C. The lowest BCUT2D eigenvalue weighted by atomic mass is 9.90. The van der Waals surface area contributed by atoms with Gasteiger partial charge in [0.05, 0.1) is 6.42 Å². The molecule has 88 valence electrons. The molecule has 0 saturated heterocycles. The number of hydrogen-bond donors (Lipinski definition) is 0. The van der Waals surface area contributed by atoms with E-state index in [0.717, 1.165) is 5.56 Å². The molecule has 0 aliphatic rings. The van der Waals surface area contributed by atoms with E-state index in [4.69, 9.17) is 4.74 Å². The molecule has 1 atom stereocenters. The molecule has 0 aliphatic carbocycles. The zero-order valence-electron chi connectivity index (χ0n) is 10.5. The van der Waals surface area contributed by atoms with Gasteiger partial charge < -0.3 is 4.74 Å². The van der Waals surface area contributed by atoms with E-state index in [0.29, 0.717) is 6.42 Å². The van der Waals surface area contributed by atoms with Crippen molar-refractivity contribution in [1.29, 1.82) is 0 Å². The van der Waals surface area contributed by atoms with E-state index in [1.54, 1.807) is 0 Å². The highest BCUT2D eigenvalue weighted by molar-refractivity contribution is 5.72. The Morgan fingerprint density at radius 2 is 1.81 bits per heavy atom. The molecular weight excluding hydrogens is 200 g/mol. The fraction of sp³-hybridized carbons (Fsp3) is 0.500. The Bertz CT molecular complexity index is 336. The van der Waals surface area contributed by atoms with Crippen LogP contribution >= 0.6 is 0 Å². The molecule has 0 fully saturated rings. The number of carbonyl (C=O) groups is 1. The number of esters is 1. The minimum Gasteiger partial charge on any atom is -0.462 e. The molecule has 1 aromatic carbocycles. The lowest BCUT2D eigenvalue weighted by Crippen LogP contribution is -2.29. The first-order valence-corrected chi connectivity index (χ1v) is 5.63. The van der Waals surface area contributed by atoms with Gasteiger partial charge in [-0.2, -0.15) is 0 Å². The molecule has 2 heteroatoms. The van der Waals surface area contributed by atoms with Crippen LogP contribution < -0.4 is 0 Å². The van der Waals surface area contributed by atoms with Crippen LogP contribution in [0.4, 0.5) is 0 Å². The molecule has 0 aliphatic heterocycles. The van der Waals surface area contributed by atoms with Crippen molar-refractivity contribution in [1.82, 2.24) is 0 Å². The maximum absolute atomic E-state index is 11.6. The van der Waals surface area contributed by atoms with E-state index >= 15 is 0 Å². The Morgan fingerprint density at radius 1 is 1.25 bits per heavy atom. The lowest BCUT2D eigenvalue weighted by molar-refractivity contribution is -0.152. The highest BCUT2D eigenvalue weighted by Gasteiger charge is 2.23. The summed E-state index contributed by atoms with van der Waals surface area (Å²) in [7, 11) is 0. The van der Waals surface area contributed by atoms with E-state index in [1.807, 2.05) is 37.3 Å². The van der Waals surface area contributed by atoms with Crippen LogP contribution in [-0.2, 0) is 16.0 Å². The summed E-state index contributed by atoms with van der Waals surface area (Å²) in [6.07, 6.45) is 0.282. The maximum atomic E-state index is 11.6. The average molecular weight is 220 g/mol. The first-order valence-electron chi connectivity index (χ1n) is 5.63. The van der Waals surface area contributed by atoms with Crippen molar-refractivity contribution >= 4 is 5.97 Å². The van der Waals surface area contributed by atoms with Crippen LogP contribution in [0.3, 0.4) is 0 Å². The molecule has 0 unspecified atom stereocenters. The molecule has 1 aromatic rings. The van der Waals surface area contributed by atoms with E-state index in [9.17, 15) is 4.79 Å². The molecule has 16 heavy (non-hydrogen) atoms. The van der Waals surface area contributed by atoms with Crippen LogP contribution in [-0.4, -0.2) is 12.1 Å². The minimum absolute atomic E-state index is 0.00759. The van der Waals surface area contributed by atoms with Gasteiger partial charge in [0, 0.05) is 0 Å². The molecular formula is C14H20O2. The summed E-state index contributed by atoms with van der Waals surface area (Å²) < 4.78 is 5.38. The standard InChI is InChI=1S/C14H20O2/c1-11(14(2,3)4)16-13(15)10-12-8-6-5-7-9-12/h5-9,11H,10H2,1-4H3/t11-/m1/s1. The minimum atomic E-state index is -0.159. The van der Waals surface area contributed by atoms with E-state index < -0.39 is 0 Å². The van der Waals surface area contributed by atoms with Crippen LogP contribution in [0.1, 0.15) is 33.3 Å². The largest absolute Gasteiger partial charge is 0.462 e. The monoisotopic (exact) mass is 220 g/mol. The average Bonchev–Trinajstić information content (AvgIpc) is 2.17. The first kappa shape index (κ1) is 12.8. The number of benzene rings is 1. The number of carbonyl (C=O) groups excluding carboxylic acids is 1. The highest BCUT2D eigenvalue weighted by atomic mass is 16.5. The Balaban J connectivity index is 2.49. The number of ether oxygens (including phenoxy) is 1. The summed E-state index contributed by atoms with van der Waals surface area (Å²) in [4.78, 5) is 11.6. The van der Waals surface area contributed by atoms with Gasteiger partial charge >= 0.3 is 5.97 Å². The molecule has 0 radical (unpaired) electrons. The third kappa shape index (κ3) is 4.05. The summed E-state index contributed by atoms with van der Waals surface area (Å²) in [6, 6.07) is 9.66. The molecule has 0 amide bonds. The van der Waals surface area contributed by atoms with Crippen LogP contribution in [0.5, 0.6) is 0 Å². The molecule has 0 bridgehead atoms. The Hall–Kier alpha value is -1.31. The molecule has 0 spiro atoms. The van der Waals surface area contributed by atoms with Crippen molar-refractivity contribution in [2.75, 3.05) is 0 Å². The number of hydrogen-bond acceptors (Lipinski definition) is 2. The van der Waals surface area contributed by atoms with Crippen LogP contribution in [0.2, 0.25) is 0 Å². The molecule has 0 heterocycles. The van der Waals surface area contributed by atoms with Gasteiger partial charge in [0.2, 0.25) is 0 Å². The van der Waals surface area contributed by atoms with Crippen LogP contribution in [0, 0.1) is 5.41 Å². The Labute approximate surface area is 97.6 Å². The quantitative estimate of drug-likeness (QED) is 0.731. The summed E-state index contributed by atoms with van der Waals surface area (Å²) in [6.45, 7) is 8.12. The third-order valence-electron chi connectivity index (χ3n) is 2.72. The van der Waals surface area contributed by atoms with Crippen molar-refractivity contribution in [2.45, 2.75) is 40.2 Å². The summed E-state index contributed by atoms with van der Waals surface area (Å²) in [5, 5.41) is 0. The summed E-state index contributed by atoms with van der Waals surface area (Å²) in [5.41, 5.74) is 0.986. The van der Waals surface area contributed by atoms with E-state index in [2.05, 4.69) is 20.8 Å². The van der Waals surface area contributed by atoms with Gasteiger partial charge in [-0.25, -0.2) is 0 Å². The van der Waals surface area contributed by atoms with Crippen LogP contribution in [0.15, 0.2) is 30.3 Å². The predicted octanol–water partition coefficient (Wildman–Crippen LogP) is 3.21. The van der Waals surface area contributed by atoms with E-state index in [1.165, 1.54) is 0 Å². The summed E-state index contributed by atoms with van der Waals surface area (Å²) >= 11 is 0. The molecule has 2 nitrogen and oxygen atoms in total. The molecule has 1 rings (SSSR count). The van der Waals surface area contributed by atoms with Gasteiger partial charge in [-0.05, 0) is 17.9 Å². The second-order valence-corrected chi connectivity index (χ2v) is 5.16. The predicted molar refractivity (Wildman–Crippen MR) is 65.2 cm³/mol. The Morgan fingerprint density at radius 3 is 2.31 bits per heavy atom. The van der Waals surface area contributed by atoms with Gasteiger partial charge in [-0.3, -0.25) is 4.79 Å². The van der Waals surface area contributed by atoms with E-state index in [-0.39, 0.29) is 17.5 Å². The summed E-state index contributed by atoms with van der Waals surface area (Å²) in [5.74, 6) is -0.159. The highest BCUT2D eigenvalue weighted by Crippen LogP contribution is 2.22. The number of rotatable bonds is 3. The fourth-order valence-electron chi connectivity index (χ4n) is 1.18. The van der Waals surface area contributed by atoms with Gasteiger partial charge in [-0.1, -0.05) is 51.1 Å². The normalized spacial score (nSPS) is 13.2. The smallest absolute Gasteiger partial charge is 0.310 e. The maximum Gasteiger partial charge on any atom is 0.310 e. The van der Waals surface area contributed by atoms with Crippen molar-refractivity contribution in [3.63, 3.8) is 0 Å². The van der Waals surface area contributed by atoms with Crippen molar-refractivity contribution in [3.8, 4) is 0 Å². The molecule has 0 aromatic heterocycles. The van der Waals surface area contributed by atoms with Crippen molar-refractivity contribution in [3.05, 3.63) is 35.9 Å². The Kier molecular flexibility index (Phi) is 4.11. The molecule has 0 saturated carbocycles. The van der Waals surface area contributed by atoms with Crippen molar-refractivity contribution < 1.29 is 9.53 Å². The topological polar surface area (TPSA) is 26.3 Å². The van der Waals surface area contributed by atoms with Gasteiger partial charge in [0.1, 0.15) is 6.10 Å². The lowest BCUT2D eigenvalue weighted by Gasteiger charge is -2.26. The van der Waals surface area contributed by atoms with Gasteiger partial charge in [-0.15, -0.1) is 0 Å². The van der Waals surface area contributed by atoms with Gasteiger partial charge in [0.15, 0.2) is 0 Å². The van der Waals surface area contributed by atoms with Crippen molar-refractivity contribution in [2.24, 2.45) is 5.41 Å².